The summed E-state index contributed by atoms with van der Waals surface area (Å²) in [6.45, 7) is 9.31. The Morgan fingerprint density at radius 2 is 1.68 bits per heavy atom. The van der Waals surface area contributed by atoms with Crippen molar-refractivity contribution in [1.29, 1.82) is 0 Å². The van der Waals surface area contributed by atoms with Gasteiger partial charge in [-0.15, -0.1) is 0 Å². The number of nitrogens with zero attached hydrogens (tertiary/aromatic N) is 4. The SMILES string of the molecule is CC(C)CN[C@H]1CCN(C(=O)N2CCN(Cc3ccccn3)c3ccccc32)C1.O=C(O)/C=C/C(=O)O. The molecule has 37 heavy (non-hydrogen) atoms. The summed E-state index contributed by atoms with van der Waals surface area (Å²) in [6, 6.07) is 14.8. The van der Waals surface area contributed by atoms with Crippen LogP contribution in [0.15, 0.2) is 60.8 Å². The minimum atomic E-state index is -1.26. The molecule has 3 heterocycles. The van der Waals surface area contributed by atoms with E-state index in [2.05, 4.69) is 47.2 Å². The molecule has 3 N–H and O–H groups in total. The third-order valence-electron chi connectivity index (χ3n) is 6.06. The first-order valence-corrected chi connectivity index (χ1v) is 12.4. The number of anilines is 2. The molecule has 0 unspecified atom stereocenters. The smallest absolute Gasteiger partial charge is 0.328 e. The summed E-state index contributed by atoms with van der Waals surface area (Å²) < 4.78 is 0. The zero-order valence-electron chi connectivity index (χ0n) is 21.3. The molecule has 1 aromatic heterocycles. The number of carbonyl (C=O) groups is 3. The molecular formula is C27H35N5O5. The summed E-state index contributed by atoms with van der Waals surface area (Å²) in [5.41, 5.74) is 3.14. The highest BCUT2D eigenvalue weighted by molar-refractivity contribution is 5.97. The van der Waals surface area contributed by atoms with Crippen molar-refractivity contribution in [3.8, 4) is 0 Å². The van der Waals surface area contributed by atoms with Gasteiger partial charge in [-0.1, -0.05) is 32.0 Å². The molecule has 1 fully saturated rings. The van der Waals surface area contributed by atoms with E-state index in [1.807, 2.05) is 40.3 Å². The second-order valence-electron chi connectivity index (χ2n) is 9.41. The number of aromatic nitrogens is 1. The van der Waals surface area contributed by atoms with Crippen molar-refractivity contribution in [1.82, 2.24) is 15.2 Å². The highest BCUT2D eigenvalue weighted by Crippen LogP contribution is 2.34. The number of carboxylic acids is 2. The highest BCUT2D eigenvalue weighted by Gasteiger charge is 2.33. The van der Waals surface area contributed by atoms with E-state index < -0.39 is 11.9 Å². The van der Waals surface area contributed by atoms with Gasteiger partial charge in [0.15, 0.2) is 0 Å². The number of nitrogens with one attached hydrogen (secondary N) is 1. The summed E-state index contributed by atoms with van der Waals surface area (Å²) in [6.07, 6.45) is 3.97. The minimum absolute atomic E-state index is 0.129. The van der Waals surface area contributed by atoms with Crippen LogP contribution in [0.25, 0.3) is 0 Å². The van der Waals surface area contributed by atoms with Gasteiger partial charge in [0.2, 0.25) is 0 Å². The fraction of sp³-hybridized carbons (Fsp3) is 0.407. The molecule has 0 radical (unpaired) electrons. The van der Waals surface area contributed by atoms with Crippen LogP contribution < -0.4 is 15.1 Å². The summed E-state index contributed by atoms with van der Waals surface area (Å²) in [5, 5.41) is 19.2. The van der Waals surface area contributed by atoms with Crippen LogP contribution in [0.5, 0.6) is 0 Å². The third-order valence-corrected chi connectivity index (χ3v) is 6.06. The maximum Gasteiger partial charge on any atom is 0.328 e. The molecule has 1 atom stereocenters. The number of carboxylic acid groups (broad SMARTS) is 2. The van der Waals surface area contributed by atoms with E-state index in [1.54, 1.807) is 0 Å². The van der Waals surface area contributed by atoms with Crippen LogP contribution in [0.3, 0.4) is 0 Å². The van der Waals surface area contributed by atoms with Crippen molar-refractivity contribution in [2.24, 2.45) is 5.92 Å². The number of aliphatic carboxylic acids is 2. The molecule has 2 aliphatic heterocycles. The molecule has 198 valence electrons. The predicted octanol–water partition coefficient (Wildman–Crippen LogP) is 3.06. The standard InChI is InChI=1S/C23H31N5O.C4H4O4/c1-18(2)15-25-20-10-12-27(17-20)23(29)28-14-13-26(16-19-7-5-6-11-24-19)21-8-3-4-9-22(21)28;5-3(6)1-2-4(7)8/h3-9,11,18,20,25H,10,12-17H2,1-2H3;1-2H,(H,5,6)(H,7,8)/b;2-1+/t20-;/m0./s1. The Balaban J connectivity index is 0.000000414. The number of para-hydroxylation sites is 2. The van der Waals surface area contributed by atoms with Gasteiger partial charge in [0.25, 0.3) is 0 Å². The minimum Gasteiger partial charge on any atom is -0.478 e. The molecule has 10 heteroatoms. The summed E-state index contributed by atoms with van der Waals surface area (Å²) in [5.74, 6) is -1.89. The molecule has 1 aromatic carbocycles. The molecular weight excluding hydrogens is 474 g/mol. The number of amides is 2. The topological polar surface area (TPSA) is 126 Å². The van der Waals surface area contributed by atoms with E-state index in [0.717, 1.165) is 56.2 Å². The van der Waals surface area contributed by atoms with E-state index in [-0.39, 0.29) is 6.03 Å². The monoisotopic (exact) mass is 509 g/mol. The Hall–Kier alpha value is -3.92. The van der Waals surface area contributed by atoms with E-state index >= 15 is 0 Å². The van der Waals surface area contributed by atoms with Gasteiger partial charge in [0.05, 0.1) is 23.6 Å². The number of hydrogen-bond acceptors (Lipinski definition) is 6. The van der Waals surface area contributed by atoms with Gasteiger partial charge in [0, 0.05) is 50.6 Å². The Morgan fingerprint density at radius 3 is 2.30 bits per heavy atom. The Labute approximate surface area is 217 Å². The number of benzene rings is 1. The number of pyridine rings is 1. The van der Waals surface area contributed by atoms with Crippen molar-refractivity contribution in [2.75, 3.05) is 42.5 Å². The predicted molar refractivity (Wildman–Crippen MR) is 142 cm³/mol. The van der Waals surface area contributed by atoms with E-state index in [9.17, 15) is 14.4 Å². The summed E-state index contributed by atoms with van der Waals surface area (Å²) in [4.78, 5) is 43.2. The normalized spacial score (nSPS) is 16.9. The average Bonchev–Trinajstić information content (AvgIpc) is 3.36. The molecule has 2 aromatic rings. The molecule has 2 amide bonds. The molecule has 10 nitrogen and oxygen atoms in total. The van der Waals surface area contributed by atoms with Crippen molar-refractivity contribution in [3.05, 3.63) is 66.5 Å². The first kappa shape index (κ1) is 27.7. The van der Waals surface area contributed by atoms with Gasteiger partial charge >= 0.3 is 18.0 Å². The molecule has 2 aliphatic rings. The lowest BCUT2D eigenvalue weighted by Crippen LogP contribution is -2.49. The van der Waals surface area contributed by atoms with Crippen LogP contribution in [0.1, 0.15) is 26.0 Å². The van der Waals surface area contributed by atoms with Crippen molar-refractivity contribution >= 4 is 29.3 Å². The Bertz CT molecular complexity index is 1080. The summed E-state index contributed by atoms with van der Waals surface area (Å²) in [7, 11) is 0. The quantitative estimate of drug-likeness (QED) is 0.486. The van der Waals surface area contributed by atoms with Crippen molar-refractivity contribution in [3.63, 3.8) is 0 Å². The van der Waals surface area contributed by atoms with Crippen LogP contribution in [0.2, 0.25) is 0 Å². The van der Waals surface area contributed by atoms with Crippen LogP contribution in [0.4, 0.5) is 16.2 Å². The average molecular weight is 510 g/mol. The van der Waals surface area contributed by atoms with Crippen LogP contribution in [0, 0.1) is 5.92 Å². The number of hydrogen-bond donors (Lipinski definition) is 3. The molecule has 0 saturated carbocycles. The Kier molecular flexibility index (Phi) is 10.0. The van der Waals surface area contributed by atoms with Crippen LogP contribution in [-0.2, 0) is 16.1 Å². The van der Waals surface area contributed by atoms with E-state index in [1.165, 1.54) is 0 Å². The largest absolute Gasteiger partial charge is 0.478 e. The first-order chi connectivity index (χ1) is 17.7. The van der Waals surface area contributed by atoms with Gasteiger partial charge in [-0.3, -0.25) is 9.88 Å². The second-order valence-corrected chi connectivity index (χ2v) is 9.41. The zero-order valence-corrected chi connectivity index (χ0v) is 21.3. The number of carbonyl (C=O) groups excluding carboxylic acids is 1. The number of urea groups is 1. The van der Waals surface area contributed by atoms with Gasteiger partial charge in [-0.05, 0) is 43.1 Å². The highest BCUT2D eigenvalue weighted by atomic mass is 16.4. The maximum atomic E-state index is 13.3. The maximum absolute atomic E-state index is 13.3. The summed E-state index contributed by atoms with van der Waals surface area (Å²) >= 11 is 0. The molecule has 4 rings (SSSR count). The van der Waals surface area contributed by atoms with Gasteiger partial charge in [-0.2, -0.15) is 0 Å². The lowest BCUT2D eigenvalue weighted by Gasteiger charge is -2.39. The molecule has 0 aliphatic carbocycles. The number of likely N-dealkylation sites (tertiary alicyclic amines) is 1. The third kappa shape index (κ3) is 8.32. The van der Waals surface area contributed by atoms with Crippen molar-refractivity contribution in [2.45, 2.75) is 32.9 Å². The van der Waals surface area contributed by atoms with Crippen LogP contribution in [-0.4, -0.2) is 76.8 Å². The fourth-order valence-electron chi connectivity index (χ4n) is 4.29. The lowest BCUT2D eigenvalue weighted by atomic mass is 10.1. The first-order valence-electron chi connectivity index (χ1n) is 12.4. The fourth-order valence-corrected chi connectivity index (χ4v) is 4.29. The molecule has 0 spiro atoms. The van der Waals surface area contributed by atoms with Gasteiger partial charge in [-0.25, -0.2) is 14.4 Å². The van der Waals surface area contributed by atoms with Crippen molar-refractivity contribution < 1.29 is 24.6 Å². The molecule has 1 saturated heterocycles. The number of rotatable bonds is 7. The van der Waals surface area contributed by atoms with Gasteiger partial charge < -0.3 is 25.3 Å². The van der Waals surface area contributed by atoms with Crippen LogP contribution >= 0.6 is 0 Å². The van der Waals surface area contributed by atoms with E-state index in [0.29, 0.717) is 30.7 Å². The zero-order chi connectivity index (χ0) is 26.8. The number of fused-ring (bicyclic) bond motifs is 1. The molecule has 0 bridgehead atoms. The lowest BCUT2D eigenvalue weighted by molar-refractivity contribution is -0.134. The van der Waals surface area contributed by atoms with E-state index in [4.69, 9.17) is 10.2 Å². The Morgan fingerprint density at radius 1 is 1.00 bits per heavy atom. The van der Waals surface area contributed by atoms with Gasteiger partial charge in [0.1, 0.15) is 0 Å². The second kappa shape index (κ2) is 13.4.